The summed E-state index contributed by atoms with van der Waals surface area (Å²) in [6.45, 7) is 3.28. The van der Waals surface area contributed by atoms with E-state index in [-0.39, 0.29) is 17.7 Å². The summed E-state index contributed by atoms with van der Waals surface area (Å²) in [6, 6.07) is 14.6. The van der Waals surface area contributed by atoms with E-state index < -0.39 is 0 Å². The molecule has 5 nitrogen and oxygen atoms in total. The number of hydrogen-bond donors (Lipinski definition) is 2. The smallest absolute Gasteiger partial charge is 0.240 e. The quantitative estimate of drug-likeness (QED) is 0.873. The third-order valence-electron chi connectivity index (χ3n) is 5.91. The van der Waals surface area contributed by atoms with Crippen molar-refractivity contribution in [2.45, 2.75) is 37.8 Å². The molecule has 2 heterocycles. The van der Waals surface area contributed by atoms with Crippen molar-refractivity contribution in [3.8, 4) is 11.5 Å². The Morgan fingerprint density at radius 2 is 1.41 bits per heavy atom. The monoisotopic (exact) mass is 366 g/mol. The van der Waals surface area contributed by atoms with Crippen LogP contribution >= 0.6 is 0 Å². The molecule has 0 radical (unpaired) electrons. The molecule has 2 aromatic carbocycles. The van der Waals surface area contributed by atoms with Crippen molar-refractivity contribution >= 4 is 5.91 Å². The Hall–Kier alpha value is -2.53. The van der Waals surface area contributed by atoms with Crippen LogP contribution in [-0.2, 0) is 11.3 Å². The zero-order chi connectivity index (χ0) is 18.8. The zero-order valence-corrected chi connectivity index (χ0v) is 15.4. The summed E-state index contributed by atoms with van der Waals surface area (Å²) in [5, 5.41) is 18.9. The van der Waals surface area contributed by atoms with Crippen molar-refractivity contribution in [1.82, 2.24) is 9.80 Å². The minimum atomic E-state index is 0.00267. The molecule has 5 heteroatoms. The highest BCUT2D eigenvalue weighted by atomic mass is 16.3. The van der Waals surface area contributed by atoms with E-state index in [1.807, 2.05) is 29.2 Å². The number of aromatic hydroxyl groups is 2. The Balaban J connectivity index is 1.33. The lowest BCUT2D eigenvalue weighted by molar-refractivity contribution is -0.133. The van der Waals surface area contributed by atoms with Crippen LogP contribution in [0.2, 0.25) is 0 Å². The highest BCUT2D eigenvalue weighted by Gasteiger charge is 2.37. The Kier molecular flexibility index (Phi) is 5.03. The average molecular weight is 366 g/mol. The summed E-state index contributed by atoms with van der Waals surface area (Å²) < 4.78 is 0. The topological polar surface area (TPSA) is 64.0 Å². The van der Waals surface area contributed by atoms with Crippen molar-refractivity contribution in [2.75, 3.05) is 19.6 Å². The highest BCUT2D eigenvalue weighted by molar-refractivity contribution is 5.84. The molecule has 2 aliphatic heterocycles. The molecule has 2 saturated heterocycles. The van der Waals surface area contributed by atoms with Gasteiger partial charge in [-0.2, -0.15) is 0 Å². The normalized spacial score (nSPS) is 21.7. The van der Waals surface area contributed by atoms with Crippen LogP contribution in [0.4, 0.5) is 0 Å². The molecule has 0 bridgehead atoms. The molecule has 0 spiro atoms. The van der Waals surface area contributed by atoms with Gasteiger partial charge in [0, 0.05) is 13.1 Å². The maximum atomic E-state index is 12.9. The van der Waals surface area contributed by atoms with Crippen molar-refractivity contribution in [3.05, 3.63) is 59.7 Å². The lowest BCUT2D eigenvalue weighted by Gasteiger charge is -2.35. The third-order valence-corrected chi connectivity index (χ3v) is 5.91. The van der Waals surface area contributed by atoms with Crippen molar-refractivity contribution in [2.24, 2.45) is 0 Å². The van der Waals surface area contributed by atoms with E-state index in [4.69, 9.17) is 0 Å². The number of amides is 1. The molecule has 2 aliphatic rings. The van der Waals surface area contributed by atoms with Gasteiger partial charge in [0.2, 0.25) is 5.91 Å². The SMILES string of the molecule is O=C1[C@H](N2CCC(c3ccc(O)cc3)CC2)CCN1Cc1ccc(O)cc1. The van der Waals surface area contributed by atoms with E-state index in [9.17, 15) is 15.0 Å². The first-order chi connectivity index (χ1) is 13.1. The summed E-state index contributed by atoms with van der Waals surface area (Å²) in [7, 11) is 0. The first kappa shape index (κ1) is 17.9. The van der Waals surface area contributed by atoms with E-state index in [0.717, 1.165) is 44.5 Å². The van der Waals surface area contributed by atoms with E-state index in [0.29, 0.717) is 18.2 Å². The van der Waals surface area contributed by atoms with E-state index in [1.54, 1.807) is 24.3 Å². The second-order valence-corrected chi connectivity index (χ2v) is 7.63. The van der Waals surface area contributed by atoms with Crippen molar-refractivity contribution in [1.29, 1.82) is 0 Å². The fraction of sp³-hybridized carbons (Fsp3) is 0.409. The van der Waals surface area contributed by atoms with Gasteiger partial charge in [-0.3, -0.25) is 9.69 Å². The van der Waals surface area contributed by atoms with Gasteiger partial charge in [-0.15, -0.1) is 0 Å². The van der Waals surface area contributed by atoms with Crippen molar-refractivity contribution < 1.29 is 15.0 Å². The summed E-state index contributed by atoms with van der Waals surface area (Å²) in [5.74, 6) is 1.29. The van der Waals surface area contributed by atoms with E-state index in [1.165, 1.54) is 5.56 Å². The fourth-order valence-corrected chi connectivity index (χ4v) is 4.33. The Bertz CT molecular complexity index is 780. The summed E-state index contributed by atoms with van der Waals surface area (Å²) >= 11 is 0. The van der Waals surface area contributed by atoms with Gasteiger partial charge in [-0.25, -0.2) is 0 Å². The first-order valence-electron chi connectivity index (χ1n) is 9.70. The van der Waals surface area contributed by atoms with Crippen LogP contribution in [0.5, 0.6) is 11.5 Å². The molecule has 0 unspecified atom stereocenters. The maximum Gasteiger partial charge on any atom is 0.240 e. The molecule has 4 rings (SSSR count). The van der Waals surface area contributed by atoms with Gasteiger partial charge >= 0.3 is 0 Å². The van der Waals surface area contributed by atoms with Crippen LogP contribution < -0.4 is 0 Å². The predicted molar refractivity (Wildman–Crippen MR) is 104 cm³/mol. The lowest BCUT2D eigenvalue weighted by atomic mass is 9.89. The molecule has 0 aromatic heterocycles. The molecule has 2 aromatic rings. The van der Waals surface area contributed by atoms with Gasteiger partial charge in [-0.05, 0) is 73.7 Å². The summed E-state index contributed by atoms with van der Waals surface area (Å²) in [6.07, 6.45) is 2.99. The number of carbonyl (C=O) groups is 1. The first-order valence-corrected chi connectivity index (χ1v) is 9.70. The fourth-order valence-electron chi connectivity index (χ4n) is 4.33. The molecule has 2 fully saturated rings. The van der Waals surface area contributed by atoms with Crippen LogP contribution in [0.15, 0.2) is 48.5 Å². The van der Waals surface area contributed by atoms with E-state index >= 15 is 0 Å². The van der Waals surface area contributed by atoms with Gasteiger partial charge in [0.1, 0.15) is 11.5 Å². The molecule has 142 valence electrons. The van der Waals surface area contributed by atoms with Crippen LogP contribution in [0.25, 0.3) is 0 Å². The molecule has 1 amide bonds. The Morgan fingerprint density at radius 1 is 0.815 bits per heavy atom. The largest absolute Gasteiger partial charge is 0.508 e. The highest BCUT2D eigenvalue weighted by Crippen LogP contribution is 2.31. The van der Waals surface area contributed by atoms with E-state index in [2.05, 4.69) is 4.90 Å². The average Bonchev–Trinajstić information content (AvgIpc) is 3.05. The molecular formula is C22H26N2O3. The number of piperidine rings is 1. The molecule has 0 saturated carbocycles. The molecule has 27 heavy (non-hydrogen) atoms. The number of benzene rings is 2. The van der Waals surface area contributed by atoms with Gasteiger partial charge < -0.3 is 15.1 Å². The summed E-state index contributed by atoms with van der Waals surface area (Å²) in [5.41, 5.74) is 2.33. The van der Waals surface area contributed by atoms with Gasteiger partial charge in [0.15, 0.2) is 0 Å². The summed E-state index contributed by atoms with van der Waals surface area (Å²) in [4.78, 5) is 17.1. The number of likely N-dealkylation sites (tertiary alicyclic amines) is 2. The van der Waals surface area contributed by atoms with Gasteiger partial charge in [0.05, 0.1) is 6.04 Å². The number of phenols is 2. The number of carbonyl (C=O) groups excluding carboxylic acids is 1. The number of phenolic OH excluding ortho intramolecular Hbond substituents is 2. The zero-order valence-electron chi connectivity index (χ0n) is 15.4. The van der Waals surface area contributed by atoms with Crippen LogP contribution in [0.3, 0.4) is 0 Å². The Morgan fingerprint density at radius 3 is 2.04 bits per heavy atom. The lowest BCUT2D eigenvalue weighted by Crippen LogP contribution is -2.45. The van der Waals surface area contributed by atoms with Crippen LogP contribution in [0.1, 0.15) is 36.3 Å². The number of nitrogens with zero attached hydrogens (tertiary/aromatic N) is 2. The second kappa shape index (κ2) is 7.61. The van der Waals surface area contributed by atoms with Crippen LogP contribution in [-0.4, -0.2) is 51.6 Å². The number of rotatable bonds is 4. The molecule has 1 atom stereocenters. The minimum Gasteiger partial charge on any atom is -0.508 e. The second-order valence-electron chi connectivity index (χ2n) is 7.63. The van der Waals surface area contributed by atoms with Gasteiger partial charge in [-0.1, -0.05) is 24.3 Å². The maximum absolute atomic E-state index is 12.9. The molecule has 0 aliphatic carbocycles. The Labute approximate surface area is 159 Å². The third kappa shape index (κ3) is 3.93. The molecular weight excluding hydrogens is 340 g/mol. The predicted octanol–water partition coefficient (Wildman–Crippen LogP) is 3.08. The minimum absolute atomic E-state index is 0.00267. The van der Waals surface area contributed by atoms with Crippen molar-refractivity contribution in [3.63, 3.8) is 0 Å². The molecule has 2 N–H and O–H groups in total. The van der Waals surface area contributed by atoms with Gasteiger partial charge in [0.25, 0.3) is 0 Å². The standard InChI is InChI=1S/C22H26N2O3/c25-19-5-1-16(2-6-19)15-24-14-11-21(22(24)27)23-12-9-18(10-13-23)17-3-7-20(26)8-4-17/h1-8,18,21,25-26H,9-15H2/t21-/m1/s1. The van der Waals surface area contributed by atoms with Crippen LogP contribution in [0, 0.1) is 0 Å². The number of hydrogen-bond acceptors (Lipinski definition) is 4.